The number of nitrogens with zero attached hydrogens (tertiary/aromatic N) is 2. The van der Waals surface area contributed by atoms with Gasteiger partial charge in [0, 0.05) is 18.6 Å². The molecule has 2 N–H and O–H groups in total. The van der Waals surface area contributed by atoms with Crippen molar-refractivity contribution in [2.75, 3.05) is 5.23 Å². The summed E-state index contributed by atoms with van der Waals surface area (Å²) in [6, 6.07) is 0. The minimum atomic E-state index is 0.226. The molecule has 1 aliphatic heterocycles. The third-order valence-electron chi connectivity index (χ3n) is 2.87. The zero-order valence-electron chi connectivity index (χ0n) is 9.09. The third kappa shape index (κ3) is 1.64. The number of aromatic nitrogens is 2. The number of hydrogen-bond acceptors (Lipinski definition) is 3. The maximum absolute atomic E-state index is 4.32. The maximum atomic E-state index is 4.32. The highest BCUT2D eigenvalue weighted by Gasteiger charge is 2.22. The molecule has 2 rings (SSSR count). The summed E-state index contributed by atoms with van der Waals surface area (Å²) < 4.78 is 2.25. The first-order chi connectivity index (χ1) is 6.62. The lowest BCUT2D eigenvalue weighted by atomic mass is 10.0. The van der Waals surface area contributed by atoms with Gasteiger partial charge in [0.15, 0.2) is 5.95 Å². The molecule has 0 saturated heterocycles. The van der Waals surface area contributed by atoms with Crippen molar-refractivity contribution in [3.63, 3.8) is 0 Å². The number of anilines is 1. The SMILES string of the molecule is BNc1ncc2n1CCC(C)(C)NC2. The molecular formula is C9H17BN4. The van der Waals surface area contributed by atoms with Gasteiger partial charge in [-0.25, -0.2) is 4.98 Å². The van der Waals surface area contributed by atoms with Gasteiger partial charge in [0.2, 0.25) is 7.98 Å². The van der Waals surface area contributed by atoms with Crippen LogP contribution in [-0.2, 0) is 13.1 Å². The van der Waals surface area contributed by atoms with Crippen molar-refractivity contribution >= 4 is 13.9 Å². The molecule has 0 amide bonds. The summed E-state index contributed by atoms with van der Waals surface area (Å²) in [5.74, 6) is 0.972. The highest BCUT2D eigenvalue weighted by atomic mass is 15.2. The van der Waals surface area contributed by atoms with Crippen LogP contribution in [-0.4, -0.2) is 23.1 Å². The van der Waals surface area contributed by atoms with Crippen LogP contribution in [0.3, 0.4) is 0 Å². The van der Waals surface area contributed by atoms with E-state index in [1.165, 1.54) is 5.69 Å². The molecule has 0 atom stereocenters. The van der Waals surface area contributed by atoms with Crippen LogP contribution in [0.5, 0.6) is 0 Å². The van der Waals surface area contributed by atoms with E-state index in [9.17, 15) is 0 Å². The topological polar surface area (TPSA) is 41.9 Å². The molecule has 1 aromatic heterocycles. The van der Waals surface area contributed by atoms with Crippen LogP contribution in [0, 0.1) is 0 Å². The van der Waals surface area contributed by atoms with E-state index >= 15 is 0 Å². The van der Waals surface area contributed by atoms with Gasteiger partial charge in [-0.3, -0.25) is 0 Å². The van der Waals surface area contributed by atoms with E-state index in [-0.39, 0.29) is 5.54 Å². The molecule has 5 heteroatoms. The van der Waals surface area contributed by atoms with Crippen LogP contribution in [0.2, 0.25) is 0 Å². The smallest absolute Gasteiger partial charge is 0.217 e. The van der Waals surface area contributed by atoms with Gasteiger partial charge in [-0.1, -0.05) is 0 Å². The molecule has 0 unspecified atom stereocenters. The highest BCUT2D eigenvalue weighted by Crippen LogP contribution is 2.20. The number of nitrogens with one attached hydrogen (secondary N) is 2. The van der Waals surface area contributed by atoms with Crippen molar-refractivity contribution < 1.29 is 0 Å². The molecule has 1 aliphatic rings. The number of fused-ring (bicyclic) bond motifs is 1. The molecule has 1 aromatic rings. The van der Waals surface area contributed by atoms with E-state index < -0.39 is 0 Å². The summed E-state index contributed by atoms with van der Waals surface area (Å²) in [4.78, 5) is 4.32. The monoisotopic (exact) mass is 192 g/mol. The molecule has 0 aliphatic carbocycles. The van der Waals surface area contributed by atoms with Crippen LogP contribution in [0.4, 0.5) is 5.95 Å². The van der Waals surface area contributed by atoms with Gasteiger partial charge in [0.05, 0.1) is 11.9 Å². The molecule has 0 saturated carbocycles. The average molecular weight is 192 g/mol. The third-order valence-corrected chi connectivity index (χ3v) is 2.87. The van der Waals surface area contributed by atoms with E-state index in [4.69, 9.17) is 0 Å². The fourth-order valence-electron chi connectivity index (χ4n) is 1.81. The lowest BCUT2D eigenvalue weighted by Gasteiger charge is -2.23. The predicted molar refractivity (Wildman–Crippen MR) is 59.9 cm³/mol. The largest absolute Gasteiger partial charge is 0.406 e. The summed E-state index contributed by atoms with van der Waals surface area (Å²) in [5, 5.41) is 6.64. The summed E-state index contributed by atoms with van der Waals surface area (Å²) in [6.07, 6.45) is 3.07. The standard InChI is InChI=1S/C9H17BN4/c1-9(2)3-4-14-7(6-12-9)5-11-8(14)13-10/h5,12H,3-4,6,10H2,1-2H3,(H,11,13). The maximum Gasteiger partial charge on any atom is 0.217 e. The number of imidazole rings is 1. The second kappa shape index (κ2) is 3.31. The summed E-state index contributed by atoms with van der Waals surface area (Å²) in [7, 11) is 1.92. The van der Waals surface area contributed by atoms with Crippen molar-refractivity contribution in [3.05, 3.63) is 11.9 Å². The van der Waals surface area contributed by atoms with Gasteiger partial charge in [-0.15, -0.1) is 0 Å². The second-order valence-corrected chi connectivity index (χ2v) is 4.46. The Morgan fingerprint density at radius 2 is 2.43 bits per heavy atom. The quantitative estimate of drug-likeness (QED) is 0.621. The molecule has 0 radical (unpaired) electrons. The Bertz CT molecular complexity index is 332. The Labute approximate surface area is 85.5 Å². The lowest BCUT2D eigenvalue weighted by molar-refractivity contribution is 0.364. The Morgan fingerprint density at radius 3 is 3.14 bits per heavy atom. The van der Waals surface area contributed by atoms with E-state index in [2.05, 4.69) is 33.9 Å². The number of hydrogen-bond donors (Lipinski definition) is 2. The van der Waals surface area contributed by atoms with Crippen molar-refractivity contribution in [2.45, 2.75) is 38.9 Å². The Kier molecular flexibility index (Phi) is 2.27. The van der Waals surface area contributed by atoms with Gasteiger partial charge in [-0.2, -0.15) is 0 Å². The van der Waals surface area contributed by atoms with E-state index in [0.717, 1.165) is 25.5 Å². The zero-order chi connectivity index (χ0) is 10.2. The molecule has 4 nitrogen and oxygen atoms in total. The summed E-state index contributed by atoms with van der Waals surface area (Å²) in [6.45, 7) is 6.42. The molecule has 0 bridgehead atoms. The first-order valence-electron chi connectivity index (χ1n) is 5.09. The van der Waals surface area contributed by atoms with E-state index in [0.29, 0.717) is 0 Å². The van der Waals surface area contributed by atoms with Crippen molar-refractivity contribution in [1.82, 2.24) is 14.9 Å². The van der Waals surface area contributed by atoms with Crippen LogP contribution in [0.1, 0.15) is 26.0 Å². The van der Waals surface area contributed by atoms with E-state index in [1.54, 1.807) is 0 Å². The zero-order valence-corrected chi connectivity index (χ0v) is 9.09. The first-order valence-corrected chi connectivity index (χ1v) is 5.09. The summed E-state index contributed by atoms with van der Waals surface area (Å²) in [5.41, 5.74) is 1.49. The average Bonchev–Trinajstić information content (AvgIpc) is 2.47. The van der Waals surface area contributed by atoms with Gasteiger partial charge in [0.25, 0.3) is 0 Å². The van der Waals surface area contributed by atoms with Crippen LogP contribution in [0.25, 0.3) is 0 Å². The second-order valence-electron chi connectivity index (χ2n) is 4.46. The van der Waals surface area contributed by atoms with Crippen LogP contribution >= 0.6 is 0 Å². The van der Waals surface area contributed by atoms with Gasteiger partial charge in [0.1, 0.15) is 0 Å². The predicted octanol–water partition coefficient (Wildman–Crippen LogP) is 0.115. The fraction of sp³-hybridized carbons (Fsp3) is 0.667. The number of rotatable bonds is 1. The molecule has 76 valence electrons. The fourth-order valence-corrected chi connectivity index (χ4v) is 1.81. The normalized spacial score (nSPS) is 19.9. The van der Waals surface area contributed by atoms with Gasteiger partial charge in [-0.05, 0) is 20.3 Å². The Morgan fingerprint density at radius 1 is 1.64 bits per heavy atom. The molecule has 0 fully saturated rings. The van der Waals surface area contributed by atoms with Crippen molar-refractivity contribution in [3.8, 4) is 0 Å². The minimum absolute atomic E-state index is 0.226. The summed E-state index contributed by atoms with van der Waals surface area (Å²) >= 11 is 0. The molecule has 14 heavy (non-hydrogen) atoms. The highest BCUT2D eigenvalue weighted by molar-refractivity contribution is 6.15. The van der Waals surface area contributed by atoms with Crippen molar-refractivity contribution in [1.29, 1.82) is 0 Å². The lowest BCUT2D eigenvalue weighted by Crippen LogP contribution is -2.37. The van der Waals surface area contributed by atoms with Gasteiger partial charge < -0.3 is 15.1 Å². The molecule has 0 spiro atoms. The van der Waals surface area contributed by atoms with Crippen molar-refractivity contribution in [2.24, 2.45) is 0 Å². The molecule has 0 aromatic carbocycles. The molecule has 2 heterocycles. The first kappa shape index (κ1) is 9.58. The Balaban J connectivity index is 2.26. The minimum Gasteiger partial charge on any atom is -0.406 e. The van der Waals surface area contributed by atoms with Crippen LogP contribution in [0.15, 0.2) is 6.20 Å². The molecular weight excluding hydrogens is 175 g/mol. The Hall–Kier alpha value is -0.965. The van der Waals surface area contributed by atoms with E-state index in [1.807, 2.05) is 14.2 Å². The van der Waals surface area contributed by atoms with Crippen LogP contribution < -0.4 is 10.5 Å². The van der Waals surface area contributed by atoms with Gasteiger partial charge >= 0.3 is 0 Å².